The number of phenolic OH excluding ortho intramolecular Hbond substituents is 1. The minimum Gasteiger partial charge on any atom is -0.653 e. The number of aromatic nitrogens is 3. The summed E-state index contributed by atoms with van der Waals surface area (Å²) in [6.45, 7) is 3.43. The topological polar surface area (TPSA) is 101 Å². The van der Waals surface area contributed by atoms with Gasteiger partial charge >= 0.3 is 23.1 Å². The SMILES string of the molecule is C[C-]1CN(c2nc(OC[C@@]34CCCN3C[C@H](F)C4)nc3c(F)c(-c4cc(O)cc5ccc(F)c(CCCO[C-]=O)c45)ncc23)CC(F)(F)C1.[Mn+2]. The van der Waals surface area contributed by atoms with E-state index in [1.165, 1.54) is 41.8 Å². The summed E-state index contributed by atoms with van der Waals surface area (Å²) in [7, 11) is 0. The molecule has 265 valence electrons. The number of phenols is 1. The van der Waals surface area contributed by atoms with Crippen molar-refractivity contribution in [1.82, 2.24) is 19.9 Å². The van der Waals surface area contributed by atoms with Gasteiger partial charge in [-0.15, -0.1) is 13.0 Å². The Morgan fingerprint density at radius 1 is 1.20 bits per heavy atom. The quantitative estimate of drug-likeness (QED) is 0.0878. The molecule has 1 N–H and O–H groups in total. The first-order valence-corrected chi connectivity index (χ1v) is 16.2. The van der Waals surface area contributed by atoms with E-state index in [1.54, 1.807) is 6.92 Å². The molecule has 3 fully saturated rings. The van der Waals surface area contributed by atoms with E-state index in [0.717, 1.165) is 13.0 Å². The van der Waals surface area contributed by atoms with Crippen LogP contribution in [0.5, 0.6) is 11.8 Å². The Morgan fingerprint density at radius 2 is 2.02 bits per heavy atom. The molecule has 2 aromatic carbocycles. The van der Waals surface area contributed by atoms with E-state index in [2.05, 4.69) is 19.7 Å². The second kappa shape index (κ2) is 14.1. The smallest absolute Gasteiger partial charge is 0.653 e. The Kier molecular flexibility index (Phi) is 10.1. The van der Waals surface area contributed by atoms with Gasteiger partial charge in [0.1, 0.15) is 41.4 Å². The molecule has 2 atom stereocenters. The van der Waals surface area contributed by atoms with Gasteiger partial charge in [0.05, 0.1) is 17.5 Å². The molecule has 0 spiro atoms. The van der Waals surface area contributed by atoms with E-state index in [4.69, 9.17) is 4.74 Å². The van der Waals surface area contributed by atoms with Crippen LogP contribution in [0.3, 0.4) is 0 Å². The molecule has 0 unspecified atom stereocenters. The van der Waals surface area contributed by atoms with E-state index >= 15 is 8.78 Å². The fraction of sp³-hybridized carbons (Fsp3) is 0.457. The molecular formula is C35H34F5MnN5O4. The van der Waals surface area contributed by atoms with E-state index in [0.29, 0.717) is 17.7 Å². The van der Waals surface area contributed by atoms with Crippen LogP contribution in [-0.2, 0) is 33.0 Å². The van der Waals surface area contributed by atoms with Gasteiger partial charge in [0, 0.05) is 31.3 Å². The van der Waals surface area contributed by atoms with Crippen LogP contribution in [0.1, 0.15) is 44.6 Å². The number of alkyl halides is 3. The molecule has 7 rings (SSSR count). The summed E-state index contributed by atoms with van der Waals surface area (Å²) in [5.74, 6) is -4.32. The van der Waals surface area contributed by atoms with Crippen LogP contribution in [0, 0.1) is 17.6 Å². The Labute approximate surface area is 295 Å². The van der Waals surface area contributed by atoms with E-state index in [9.17, 15) is 23.1 Å². The average molecular weight is 739 g/mol. The maximum absolute atomic E-state index is 16.9. The van der Waals surface area contributed by atoms with Crippen LogP contribution in [0.15, 0.2) is 30.5 Å². The van der Waals surface area contributed by atoms with Crippen molar-refractivity contribution in [3.8, 4) is 23.0 Å². The normalized spacial score (nSPS) is 22.1. The number of benzene rings is 2. The third-order valence-corrected chi connectivity index (χ3v) is 9.76. The van der Waals surface area contributed by atoms with Crippen molar-refractivity contribution >= 4 is 34.0 Å². The van der Waals surface area contributed by atoms with Gasteiger partial charge in [0.25, 0.3) is 0 Å². The summed E-state index contributed by atoms with van der Waals surface area (Å²) in [4.78, 5) is 27.2. The number of rotatable bonds is 10. The van der Waals surface area contributed by atoms with Crippen LogP contribution in [-0.4, -0.2) is 88.5 Å². The number of ether oxygens (including phenoxy) is 2. The second-order valence-corrected chi connectivity index (χ2v) is 13.4. The van der Waals surface area contributed by atoms with Gasteiger partial charge in [0.2, 0.25) is 5.92 Å². The molecule has 15 heteroatoms. The van der Waals surface area contributed by atoms with Crippen LogP contribution < -0.4 is 9.64 Å². The third kappa shape index (κ3) is 6.79. The number of anilines is 1. The Balaban J connectivity index is 0.00000432. The number of fused-ring (bicyclic) bond motifs is 3. The van der Waals surface area contributed by atoms with Gasteiger partial charge in [0.15, 0.2) is 5.82 Å². The number of nitrogens with zero attached hydrogens (tertiary/aromatic N) is 5. The predicted octanol–water partition coefficient (Wildman–Crippen LogP) is 6.24. The van der Waals surface area contributed by atoms with Gasteiger partial charge in [-0.3, -0.25) is 15.8 Å². The largest absolute Gasteiger partial charge is 2.00 e. The summed E-state index contributed by atoms with van der Waals surface area (Å²) in [6, 6.07) is 5.10. The summed E-state index contributed by atoms with van der Waals surface area (Å²) < 4.78 is 87.0. The van der Waals surface area contributed by atoms with E-state index < -0.39 is 42.2 Å². The van der Waals surface area contributed by atoms with Crippen molar-refractivity contribution in [1.29, 1.82) is 0 Å². The van der Waals surface area contributed by atoms with Crippen molar-refractivity contribution in [2.75, 3.05) is 44.3 Å². The fourth-order valence-electron chi connectivity index (χ4n) is 7.82. The number of aromatic hydroxyl groups is 1. The maximum atomic E-state index is 16.9. The molecule has 9 nitrogen and oxygen atoms in total. The van der Waals surface area contributed by atoms with Crippen LogP contribution in [0.4, 0.5) is 27.8 Å². The molecule has 5 heterocycles. The number of carbonyl (C=O) groups excluding carboxylic acids is 1. The summed E-state index contributed by atoms with van der Waals surface area (Å²) >= 11 is 0. The summed E-state index contributed by atoms with van der Waals surface area (Å²) in [5.41, 5.74) is -0.838. The molecule has 3 aliphatic heterocycles. The third-order valence-electron chi connectivity index (χ3n) is 9.76. The number of hydrogen-bond acceptors (Lipinski definition) is 9. The Hall–Kier alpha value is -3.81. The zero-order chi connectivity index (χ0) is 34.5. The molecule has 2 aromatic heterocycles. The van der Waals surface area contributed by atoms with Crippen molar-refractivity contribution in [2.45, 2.75) is 63.1 Å². The van der Waals surface area contributed by atoms with Crippen molar-refractivity contribution in [3.05, 3.63) is 53.6 Å². The minimum atomic E-state index is -3.06. The monoisotopic (exact) mass is 738 g/mol. The molecule has 0 saturated carbocycles. The minimum absolute atomic E-state index is 0. The van der Waals surface area contributed by atoms with Gasteiger partial charge < -0.3 is 24.3 Å². The predicted molar refractivity (Wildman–Crippen MR) is 171 cm³/mol. The van der Waals surface area contributed by atoms with E-state index in [1.807, 2.05) is 4.90 Å². The summed E-state index contributed by atoms with van der Waals surface area (Å²) in [6.07, 6.45) is 2.06. The van der Waals surface area contributed by atoms with Gasteiger partial charge in [-0.2, -0.15) is 16.9 Å². The molecule has 0 amide bonds. The number of hydrogen-bond donors (Lipinski definition) is 1. The fourth-order valence-corrected chi connectivity index (χ4v) is 7.82. The zero-order valence-electron chi connectivity index (χ0n) is 27.1. The number of piperidine rings is 1. The first-order chi connectivity index (χ1) is 23.5. The van der Waals surface area contributed by atoms with Gasteiger partial charge in [-0.1, -0.05) is 12.5 Å². The van der Waals surface area contributed by atoms with Crippen LogP contribution in [0.25, 0.3) is 32.9 Å². The average Bonchev–Trinajstić information content (AvgIpc) is 3.57. The van der Waals surface area contributed by atoms with Gasteiger partial charge in [-0.05, 0) is 66.8 Å². The Morgan fingerprint density at radius 3 is 2.80 bits per heavy atom. The number of aryl methyl sites for hydroxylation is 1. The van der Waals surface area contributed by atoms with Crippen LogP contribution in [0.2, 0.25) is 0 Å². The first kappa shape index (κ1) is 36.0. The summed E-state index contributed by atoms with van der Waals surface area (Å²) in [5, 5.41) is 11.4. The van der Waals surface area contributed by atoms with Crippen molar-refractivity contribution < 1.29 is 58.4 Å². The first-order valence-electron chi connectivity index (χ1n) is 16.2. The van der Waals surface area contributed by atoms with Crippen LogP contribution >= 0.6 is 0 Å². The van der Waals surface area contributed by atoms with Crippen molar-refractivity contribution in [2.24, 2.45) is 0 Å². The number of pyridine rings is 1. The standard InChI is InChI=1S/C35H34F5N5O4.Mn/c1-20-12-35(39,40)17-44(15-20)32-26-14-41-30(25-11-23(47)10-21-5-6-27(37)24(28(21)25)4-2-9-48-19-46)29(38)31(26)42-33(43-32)49-18-34-7-3-8-45(34)16-22(36)13-34;/h5-6,10-11,14,22,47H,2-4,7-9,12-13,15-18H2,1H3;/q-2;+2/t22-,34+;/m1./s1. The molecule has 0 bridgehead atoms. The maximum Gasteiger partial charge on any atom is 2.00 e. The zero-order valence-corrected chi connectivity index (χ0v) is 28.3. The molecule has 1 radical (unpaired) electrons. The number of halogens is 5. The Bertz CT molecular complexity index is 1920. The molecule has 50 heavy (non-hydrogen) atoms. The molecular weight excluding hydrogens is 704 g/mol. The molecule has 0 aliphatic carbocycles. The molecule has 3 saturated heterocycles. The van der Waals surface area contributed by atoms with Gasteiger partial charge in [-0.25, -0.2) is 22.0 Å². The second-order valence-electron chi connectivity index (χ2n) is 13.4. The van der Waals surface area contributed by atoms with E-state index in [-0.39, 0.29) is 113 Å². The van der Waals surface area contributed by atoms with Crippen molar-refractivity contribution in [3.63, 3.8) is 0 Å². The molecule has 4 aromatic rings. The molecule has 3 aliphatic rings.